The van der Waals surface area contributed by atoms with Gasteiger partial charge in [0.05, 0.1) is 6.54 Å². The highest BCUT2D eigenvalue weighted by Gasteiger charge is 2.15. The normalized spacial score (nSPS) is 17.0. The zero-order valence-electron chi connectivity index (χ0n) is 10.4. The van der Waals surface area contributed by atoms with Crippen LogP contribution in [-0.2, 0) is 11.2 Å². The molecule has 0 aromatic heterocycles. The molecule has 1 aliphatic heterocycles. The van der Waals surface area contributed by atoms with Gasteiger partial charge in [-0.1, -0.05) is 29.8 Å². The van der Waals surface area contributed by atoms with Gasteiger partial charge in [0.2, 0.25) is 5.91 Å². The zero-order chi connectivity index (χ0) is 12.1. The summed E-state index contributed by atoms with van der Waals surface area (Å²) in [7, 11) is 0. The largest absolute Gasteiger partial charge is 0.341 e. The van der Waals surface area contributed by atoms with Crippen LogP contribution in [0.3, 0.4) is 0 Å². The van der Waals surface area contributed by atoms with E-state index in [2.05, 4.69) is 36.5 Å². The minimum Gasteiger partial charge on any atom is -0.341 e. The average molecular weight is 232 g/mol. The lowest BCUT2D eigenvalue weighted by Gasteiger charge is -2.20. The molecule has 1 saturated heterocycles. The molecule has 1 aromatic rings. The minimum atomic E-state index is 0.231. The molecule has 1 N–H and O–H groups in total. The van der Waals surface area contributed by atoms with Crippen molar-refractivity contribution in [2.24, 2.45) is 0 Å². The Kier molecular flexibility index (Phi) is 4.15. The fourth-order valence-corrected chi connectivity index (χ4v) is 2.08. The quantitative estimate of drug-likeness (QED) is 0.853. The lowest BCUT2D eigenvalue weighted by Crippen LogP contribution is -2.36. The highest BCUT2D eigenvalue weighted by Crippen LogP contribution is 2.06. The highest BCUT2D eigenvalue weighted by molar-refractivity contribution is 5.78. The van der Waals surface area contributed by atoms with E-state index in [-0.39, 0.29) is 5.91 Å². The van der Waals surface area contributed by atoms with Crippen molar-refractivity contribution in [3.05, 3.63) is 35.4 Å². The second kappa shape index (κ2) is 5.82. The molecule has 1 heterocycles. The van der Waals surface area contributed by atoms with E-state index in [1.54, 1.807) is 0 Å². The third kappa shape index (κ3) is 3.56. The van der Waals surface area contributed by atoms with Crippen LogP contribution in [0.5, 0.6) is 0 Å². The number of benzene rings is 1. The van der Waals surface area contributed by atoms with Crippen molar-refractivity contribution in [3.63, 3.8) is 0 Å². The Morgan fingerprint density at radius 2 is 2.06 bits per heavy atom. The lowest BCUT2D eigenvalue weighted by molar-refractivity contribution is -0.129. The van der Waals surface area contributed by atoms with Crippen molar-refractivity contribution in [1.29, 1.82) is 0 Å². The first kappa shape index (κ1) is 12.1. The Bertz CT molecular complexity index is 372. The molecule has 17 heavy (non-hydrogen) atoms. The van der Waals surface area contributed by atoms with Gasteiger partial charge >= 0.3 is 0 Å². The molecule has 1 aliphatic rings. The number of hydrogen-bond donors (Lipinski definition) is 1. The van der Waals surface area contributed by atoms with Gasteiger partial charge in [-0.25, -0.2) is 0 Å². The molecular formula is C14H20N2O. The molecular weight excluding hydrogens is 212 g/mol. The van der Waals surface area contributed by atoms with Gasteiger partial charge in [0.1, 0.15) is 0 Å². The first-order valence-corrected chi connectivity index (χ1v) is 6.30. The number of aryl methyl sites for hydroxylation is 1. The first-order chi connectivity index (χ1) is 8.25. The summed E-state index contributed by atoms with van der Waals surface area (Å²) in [5.41, 5.74) is 2.59. The maximum absolute atomic E-state index is 11.8. The van der Waals surface area contributed by atoms with Crippen LogP contribution in [0.4, 0.5) is 0 Å². The highest BCUT2D eigenvalue weighted by atomic mass is 16.2. The van der Waals surface area contributed by atoms with Crippen LogP contribution in [0.25, 0.3) is 0 Å². The van der Waals surface area contributed by atoms with E-state index in [0.717, 1.165) is 32.5 Å². The molecule has 0 bridgehead atoms. The summed E-state index contributed by atoms with van der Waals surface area (Å²) in [6.45, 7) is 5.26. The van der Waals surface area contributed by atoms with E-state index in [9.17, 15) is 4.79 Å². The van der Waals surface area contributed by atoms with E-state index in [4.69, 9.17) is 0 Å². The Balaban J connectivity index is 1.88. The van der Waals surface area contributed by atoms with Crippen molar-refractivity contribution >= 4 is 5.91 Å². The van der Waals surface area contributed by atoms with E-state index < -0.39 is 0 Å². The number of carbonyl (C=O) groups excluding carboxylic acids is 1. The Labute approximate surface area is 103 Å². The fourth-order valence-electron chi connectivity index (χ4n) is 2.08. The van der Waals surface area contributed by atoms with Crippen LogP contribution in [0.15, 0.2) is 24.3 Å². The van der Waals surface area contributed by atoms with E-state index in [1.807, 2.05) is 4.90 Å². The van der Waals surface area contributed by atoms with Crippen molar-refractivity contribution in [3.8, 4) is 0 Å². The molecule has 1 amide bonds. The third-order valence-electron chi connectivity index (χ3n) is 3.20. The van der Waals surface area contributed by atoms with E-state index in [0.29, 0.717) is 6.54 Å². The second-order valence-corrected chi connectivity index (χ2v) is 4.65. The number of nitrogens with zero attached hydrogens (tertiary/aromatic N) is 1. The molecule has 0 aliphatic carbocycles. The molecule has 0 radical (unpaired) electrons. The number of amides is 1. The molecule has 0 atom stereocenters. The van der Waals surface area contributed by atoms with Crippen LogP contribution in [0.1, 0.15) is 17.5 Å². The molecule has 0 saturated carbocycles. The summed E-state index contributed by atoms with van der Waals surface area (Å²) >= 11 is 0. The summed E-state index contributed by atoms with van der Waals surface area (Å²) < 4.78 is 0. The van der Waals surface area contributed by atoms with Gasteiger partial charge in [0.15, 0.2) is 0 Å². The smallest absolute Gasteiger partial charge is 0.236 e. The van der Waals surface area contributed by atoms with Crippen LogP contribution in [-0.4, -0.2) is 37.0 Å². The second-order valence-electron chi connectivity index (χ2n) is 4.65. The maximum atomic E-state index is 11.8. The van der Waals surface area contributed by atoms with Gasteiger partial charge in [-0.3, -0.25) is 4.79 Å². The standard InChI is InChI=1S/C14H20N2O/c1-12-3-5-13(6-4-12)7-10-16-9-2-8-15-11-14(16)17/h3-6,15H,2,7-11H2,1H3. The maximum Gasteiger partial charge on any atom is 0.236 e. The summed E-state index contributed by atoms with van der Waals surface area (Å²) in [5, 5.41) is 3.14. The van der Waals surface area contributed by atoms with Crippen LogP contribution >= 0.6 is 0 Å². The average Bonchev–Trinajstić information content (AvgIpc) is 2.54. The summed E-state index contributed by atoms with van der Waals surface area (Å²) in [5.74, 6) is 0.231. The molecule has 2 rings (SSSR count). The Morgan fingerprint density at radius 1 is 1.29 bits per heavy atom. The van der Waals surface area contributed by atoms with Crippen LogP contribution < -0.4 is 5.32 Å². The van der Waals surface area contributed by atoms with Crippen molar-refractivity contribution in [2.75, 3.05) is 26.2 Å². The molecule has 1 aromatic carbocycles. The summed E-state index contributed by atoms with van der Waals surface area (Å²) in [6.07, 6.45) is 2.01. The van der Waals surface area contributed by atoms with Gasteiger partial charge in [-0.2, -0.15) is 0 Å². The summed E-state index contributed by atoms with van der Waals surface area (Å²) in [6, 6.07) is 8.55. The number of rotatable bonds is 3. The third-order valence-corrected chi connectivity index (χ3v) is 3.20. The summed E-state index contributed by atoms with van der Waals surface area (Å²) in [4.78, 5) is 13.7. The number of carbonyl (C=O) groups is 1. The van der Waals surface area contributed by atoms with Gasteiger partial charge < -0.3 is 10.2 Å². The topological polar surface area (TPSA) is 32.3 Å². The molecule has 1 fully saturated rings. The van der Waals surface area contributed by atoms with E-state index >= 15 is 0 Å². The molecule has 0 unspecified atom stereocenters. The van der Waals surface area contributed by atoms with Crippen molar-refractivity contribution < 1.29 is 4.79 Å². The monoisotopic (exact) mass is 232 g/mol. The van der Waals surface area contributed by atoms with Crippen LogP contribution in [0.2, 0.25) is 0 Å². The predicted molar refractivity (Wildman–Crippen MR) is 68.9 cm³/mol. The lowest BCUT2D eigenvalue weighted by atomic mass is 10.1. The molecule has 92 valence electrons. The van der Waals surface area contributed by atoms with Gasteiger partial charge in [0.25, 0.3) is 0 Å². The Morgan fingerprint density at radius 3 is 2.82 bits per heavy atom. The van der Waals surface area contributed by atoms with Gasteiger partial charge in [-0.05, 0) is 31.9 Å². The zero-order valence-corrected chi connectivity index (χ0v) is 10.4. The van der Waals surface area contributed by atoms with Gasteiger partial charge in [0, 0.05) is 13.1 Å². The predicted octanol–water partition coefficient (Wildman–Crippen LogP) is 1.36. The number of hydrogen-bond acceptors (Lipinski definition) is 2. The van der Waals surface area contributed by atoms with Crippen LogP contribution in [0, 0.1) is 6.92 Å². The Hall–Kier alpha value is -1.35. The number of nitrogens with one attached hydrogen (secondary N) is 1. The van der Waals surface area contributed by atoms with Crippen molar-refractivity contribution in [1.82, 2.24) is 10.2 Å². The SMILES string of the molecule is Cc1ccc(CCN2CCCNCC2=O)cc1. The molecule has 3 nitrogen and oxygen atoms in total. The molecule has 0 spiro atoms. The first-order valence-electron chi connectivity index (χ1n) is 6.30. The minimum absolute atomic E-state index is 0.231. The van der Waals surface area contributed by atoms with E-state index in [1.165, 1.54) is 11.1 Å². The van der Waals surface area contributed by atoms with Gasteiger partial charge in [-0.15, -0.1) is 0 Å². The fraction of sp³-hybridized carbons (Fsp3) is 0.500. The molecule has 3 heteroatoms. The van der Waals surface area contributed by atoms with Crippen molar-refractivity contribution in [2.45, 2.75) is 19.8 Å².